The summed E-state index contributed by atoms with van der Waals surface area (Å²) in [5, 5.41) is 3.43. The SMILES string of the molecule is CNC1(c2ccccn2)CCCC1. The maximum absolute atomic E-state index is 4.44. The molecule has 1 aliphatic carbocycles. The molecule has 0 aromatic carbocycles. The third-order valence-electron chi connectivity index (χ3n) is 3.09. The monoisotopic (exact) mass is 176 g/mol. The molecule has 2 rings (SSSR count). The normalized spacial score (nSPS) is 20.4. The van der Waals surface area contributed by atoms with Gasteiger partial charge in [0.05, 0.1) is 11.2 Å². The van der Waals surface area contributed by atoms with E-state index in [1.807, 2.05) is 19.3 Å². The van der Waals surface area contributed by atoms with Crippen molar-refractivity contribution in [1.29, 1.82) is 0 Å². The van der Waals surface area contributed by atoms with Gasteiger partial charge in [-0.05, 0) is 32.0 Å². The molecule has 1 fully saturated rings. The molecule has 0 spiro atoms. The van der Waals surface area contributed by atoms with Gasteiger partial charge in [0.25, 0.3) is 0 Å². The Hall–Kier alpha value is -0.890. The number of nitrogens with one attached hydrogen (secondary N) is 1. The quantitative estimate of drug-likeness (QED) is 0.746. The second kappa shape index (κ2) is 3.46. The Morgan fingerprint density at radius 2 is 2.08 bits per heavy atom. The highest BCUT2D eigenvalue weighted by Crippen LogP contribution is 2.36. The van der Waals surface area contributed by atoms with Crippen LogP contribution in [0.4, 0.5) is 0 Å². The zero-order valence-electron chi connectivity index (χ0n) is 8.09. The standard InChI is InChI=1S/C11H16N2/c1-12-11(7-3-4-8-11)10-6-2-5-9-13-10/h2,5-6,9,12H,3-4,7-8H2,1H3. The lowest BCUT2D eigenvalue weighted by Crippen LogP contribution is -2.37. The summed E-state index contributed by atoms with van der Waals surface area (Å²) in [6.07, 6.45) is 6.96. The summed E-state index contributed by atoms with van der Waals surface area (Å²) in [7, 11) is 2.04. The first kappa shape index (κ1) is 8.70. The maximum atomic E-state index is 4.44. The van der Waals surface area contributed by atoms with Crippen LogP contribution in [0.2, 0.25) is 0 Å². The number of aromatic nitrogens is 1. The van der Waals surface area contributed by atoms with E-state index in [9.17, 15) is 0 Å². The Bertz CT molecular complexity index is 263. The number of rotatable bonds is 2. The van der Waals surface area contributed by atoms with Crippen LogP contribution in [0.3, 0.4) is 0 Å². The largest absolute Gasteiger partial charge is 0.309 e. The van der Waals surface area contributed by atoms with Gasteiger partial charge in [-0.25, -0.2) is 0 Å². The first-order chi connectivity index (χ1) is 6.37. The van der Waals surface area contributed by atoms with Crippen LogP contribution in [0.25, 0.3) is 0 Å². The smallest absolute Gasteiger partial charge is 0.0606 e. The Balaban J connectivity index is 2.31. The summed E-state index contributed by atoms with van der Waals surface area (Å²) in [6, 6.07) is 6.17. The topological polar surface area (TPSA) is 24.9 Å². The van der Waals surface area contributed by atoms with E-state index in [4.69, 9.17) is 0 Å². The lowest BCUT2D eigenvalue weighted by Gasteiger charge is -2.27. The van der Waals surface area contributed by atoms with Gasteiger partial charge >= 0.3 is 0 Å². The summed E-state index contributed by atoms with van der Waals surface area (Å²) in [5.41, 5.74) is 1.37. The highest BCUT2D eigenvalue weighted by atomic mass is 15.0. The van der Waals surface area contributed by atoms with E-state index in [0.717, 1.165) is 0 Å². The molecule has 1 aromatic heterocycles. The second-order valence-electron chi connectivity index (χ2n) is 3.75. The van der Waals surface area contributed by atoms with Crippen LogP contribution >= 0.6 is 0 Å². The van der Waals surface area contributed by atoms with Crippen molar-refractivity contribution in [3.05, 3.63) is 30.1 Å². The highest BCUT2D eigenvalue weighted by molar-refractivity contribution is 5.17. The fraction of sp³-hybridized carbons (Fsp3) is 0.545. The molecule has 0 unspecified atom stereocenters. The molecule has 2 nitrogen and oxygen atoms in total. The van der Waals surface area contributed by atoms with Crippen LogP contribution in [-0.4, -0.2) is 12.0 Å². The van der Waals surface area contributed by atoms with Crippen LogP contribution in [-0.2, 0) is 5.54 Å². The Kier molecular flexibility index (Phi) is 2.32. The molecule has 0 atom stereocenters. The van der Waals surface area contributed by atoms with Crippen molar-refractivity contribution in [2.45, 2.75) is 31.2 Å². The first-order valence-electron chi connectivity index (χ1n) is 4.98. The summed E-state index contributed by atoms with van der Waals surface area (Å²) in [5.74, 6) is 0. The van der Waals surface area contributed by atoms with Crippen LogP contribution in [0.15, 0.2) is 24.4 Å². The predicted octanol–water partition coefficient (Wildman–Crippen LogP) is 2.07. The van der Waals surface area contributed by atoms with E-state index < -0.39 is 0 Å². The van der Waals surface area contributed by atoms with Gasteiger partial charge in [0.1, 0.15) is 0 Å². The van der Waals surface area contributed by atoms with Crippen molar-refractivity contribution >= 4 is 0 Å². The number of nitrogens with zero attached hydrogens (tertiary/aromatic N) is 1. The predicted molar refractivity (Wildman–Crippen MR) is 53.4 cm³/mol. The molecule has 0 bridgehead atoms. The van der Waals surface area contributed by atoms with Crippen molar-refractivity contribution in [3.63, 3.8) is 0 Å². The van der Waals surface area contributed by atoms with E-state index in [1.165, 1.54) is 31.4 Å². The van der Waals surface area contributed by atoms with Gasteiger partial charge in [0.2, 0.25) is 0 Å². The van der Waals surface area contributed by atoms with Crippen molar-refractivity contribution in [2.24, 2.45) is 0 Å². The average molecular weight is 176 g/mol. The molecule has 13 heavy (non-hydrogen) atoms. The lowest BCUT2D eigenvalue weighted by atomic mass is 9.93. The van der Waals surface area contributed by atoms with Gasteiger partial charge in [0.15, 0.2) is 0 Å². The third-order valence-corrected chi connectivity index (χ3v) is 3.09. The van der Waals surface area contributed by atoms with Crippen LogP contribution < -0.4 is 5.32 Å². The van der Waals surface area contributed by atoms with Gasteiger partial charge in [-0.2, -0.15) is 0 Å². The average Bonchev–Trinajstić information content (AvgIpc) is 2.69. The van der Waals surface area contributed by atoms with Crippen LogP contribution in [0, 0.1) is 0 Å². The Morgan fingerprint density at radius 1 is 1.31 bits per heavy atom. The van der Waals surface area contributed by atoms with Gasteiger partial charge < -0.3 is 5.32 Å². The molecule has 1 N–H and O–H groups in total. The Morgan fingerprint density at radius 3 is 2.62 bits per heavy atom. The Labute approximate surface area is 79.4 Å². The van der Waals surface area contributed by atoms with E-state index in [1.54, 1.807) is 0 Å². The minimum Gasteiger partial charge on any atom is -0.309 e. The summed E-state index contributed by atoms with van der Waals surface area (Å²) < 4.78 is 0. The van der Waals surface area contributed by atoms with Crippen LogP contribution in [0.1, 0.15) is 31.4 Å². The summed E-state index contributed by atoms with van der Waals surface area (Å²) in [6.45, 7) is 0. The molecule has 1 saturated carbocycles. The van der Waals surface area contributed by atoms with Crippen molar-refractivity contribution < 1.29 is 0 Å². The summed E-state index contributed by atoms with van der Waals surface area (Å²) in [4.78, 5) is 4.44. The molecule has 2 heteroatoms. The van der Waals surface area contributed by atoms with Gasteiger partial charge in [-0.15, -0.1) is 0 Å². The highest BCUT2D eigenvalue weighted by Gasteiger charge is 2.34. The fourth-order valence-corrected chi connectivity index (χ4v) is 2.26. The molecule has 1 aromatic rings. The minimum atomic E-state index is 0.168. The fourth-order valence-electron chi connectivity index (χ4n) is 2.26. The molecular formula is C11H16N2. The number of hydrogen-bond donors (Lipinski definition) is 1. The number of hydrogen-bond acceptors (Lipinski definition) is 2. The molecule has 1 heterocycles. The molecule has 70 valence electrons. The zero-order chi connectivity index (χ0) is 9.15. The van der Waals surface area contributed by atoms with E-state index in [-0.39, 0.29) is 5.54 Å². The second-order valence-corrected chi connectivity index (χ2v) is 3.75. The maximum Gasteiger partial charge on any atom is 0.0606 e. The van der Waals surface area contributed by atoms with Gasteiger partial charge in [0, 0.05) is 6.20 Å². The van der Waals surface area contributed by atoms with Gasteiger partial charge in [-0.3, -0.25) is 4.98 Å². The molecule has 0 saturated heterocycles. The molecule has 0 aliphatic heterocycles. The molecular weight excluding hydrogens is 160 g/mol. The van der Waals surface area contributed by atoms with Crippen molar-refractivity contribution in [2.75, 3.05) is 7.05 Å². The molecule has 0 radical (unpaired) electrons. The third kappa shape index (κ3) is 1.46. The summed E-state index contributed by atoms with van der Waals surface area (Å²) >= 11 is 0. The van der Waals surface area contributed by atoms with Crippen LogP contribution in [0.5, 0.6) is 0 Å². The zero-order valence-corrected chi connectivity index (χ0v) is 8.09. The van der Waals surface area contributed by atoms with E-state index in [0.29, 0.717) is 0 Å². The molecule has 1 aliphatic rings. The van der Waals surface area contributed by atoms with E-state index >= 15 is 0 Å². The molecule has 0 amide bonds. The van der Waals surface area contributed by atoms with Crippen molar-refractivity contribution in [1.82, 2.24) is 10.3 Å². The minimum absolute atomic E-state index is 0.168. The van der Waals surface area contributed by atoms with Crippen molar-refractivity contribution in [3.8, 4) is 0 Å². The van der Waals surface area contributed by atoms with E-state index in [2.05, 4.69) is 22.4 Å². The number of pyridine rings is 1. The van der Waals surface area contributed by atoms with Gasteiger partial charge in [-0.1, -0.05) is 18.9 Å². The lowest BCUT2D eigenvalue weighted by molar-refractivity contribution is 0.361. The first-order valence-corrected chi connectivity index (χ1v) is 4.98.